The minimum Gasteiger partial charge on any atom is -0.444 e. The van der Waals surface area contributed by atoms with Crippen molar-refractivity contribution in [3.8, 4) is 11.3 Å². The summed E-state index contributed by atoms with van der Waals surface area (Å²) < 4.78 is 41.2. The van der Waals surface area contributed by atoms with Gasteiger partial charge in [0.25, 0.3) is 10.0 Å². The Morgan fingerprint density at radius 2 is 1.83 bits per heavy atom. The van der Waals surface area contributed by atoms with Crippen molar-refractivity contribution in [3.63, 3.8) is 0 Å². The van der Waals surface area contributed by atoms with Crippen LogP contribution in [0.3, 0.4) is 0 Å². The van der Waals surface area contributed by atoms with E-state index in [-0.39, 0.29) is 16.5 Å². The zero-order valence-electron chi connectivity index (χ0n) is 26.6. The summed E-state index contributed by atoms with van der Waals surface area (Å²) in [6, 6.07) is 14.1. The van der Waals surface area contributed by atoms with Gasteiger partial charge in [0.05, 0.1) is 15.6 Å². The van der Waals surface area contributed by atoms with Gasteiger partial charge in [0.1, 0.15) is 11.4 Å². The van der Waals surface area contributed by atoms with E-state index in [9.17, 15) is 13.2 Å². The van der Waals surface area contributed by atoms with E-state index in [1.165, 1.54) is 3.97 Å². The summed E-state index contributed by atoms with van der Waals surface area (Å²) in [5.74, 6) is 0.912. The molecule has 6 rings (SSSR count). The Morgan fingerprint density at radius 1 is 1.09 bits per heavy atom. The molecule has 1 atom stereocenters. The highest BCUT2D eigenvalue weighted by Crippen LogP contribution is 2.39. The van der Waals surface area contributed by atoms with Gasteiger partial charge < -0.3 is 19.7 Å². The van der Waals surface area contributed by atoms with Crippen molar-refractivity contribution in [1.29, 1.82) is 0 Å². The fourth-order valence-electron chi connectivity index (χ4n) is 6.08. The Labute approximate surface area is 275 Å². The number of ether oxygens (including phenoxy) is 2. The Hall–Kier alpha value is -3.67. The number of amides is 1. The first-order valence-electron chi connectivity index (χ1n) is 15.7. The van der Waals surface area contributed by atoms with Gasteiger partial charge in [-0.05, 0) is 89.3 Å². The molecule has 244 valence electrons. The number of hydrogen-bond acceptors (Lipinski definition) is 8. The van der Waals surface area contributed by atoms with Crippen molar-refractivity contribution in [2.45, 2.75) is 63.4 Å². The first-order valence-corrected chi connectivity index (χ1v) is 17.5. The summed E-state index contributed by atoms with van der Waals surface area (Å²) in [7, 11) is -4.07. The molecular weight excluding hydrogens is 626 g/mol. The van der Waals surface area contributed by atoms with E-state index in [2.05, 4.69) is 10.3 Å². The number of pyridine rings is 2. The molecule has 10 nitrogen and oxygen atoms in total. The van der Waals surface area contributed by atoms with E-state index in [4.69, 9.17) is 26.1 Å². The predicted octanol–water partition coefficient (Wildman–Crippen LogP) is 6.86. The maximum Gasteiger partial charge on any atom is 0.410 e. The van der Waals surface area contributed by atoms with Gasteiger partial charge in [-0.3, -0.25) is 0 Å². The second kappa shape index (κ2) is 12.8. The van der Waals surface area contributed by atoms with Crippen LogP contribution >= 0.6 is 11.6 Å². The lowest BCUT2D eigenvalue weighted by Gasteiger charge is -2.24. The first-order chi connectivity index (χ1) is 21.9. The molecule has 2 aliphatic rings. The number of fused-ring (bicyclic) bond motifs is 1. The minimum atomic E-state index is -4.07. The molecule has 0 aliphatic carbocycles. The highest BCUT2D eigenvalue weighted by molar-refractivity contribution is 7.90. The summed E-state index contributed by atoms with van der Waals surface area (Å²) in [5, 5.41) is 4.50. The minimum absolute atomic E-state index is 0.154. The highest BCUT2D eigenvalue weighted by Gasteiger charge is 2.36. The van der Waals surface area contributed by atoms with E-state index in [0.717, 1.165) is 38.2 Å². The summed E-state index contributed by atoms with van der Waals surface area (Å²) in [5.41, 5.74) is 2.34. The van der Waals surface area contributed by atoms with Crippen LogP contribution in [0.2, 0.25) is 5.02 Å². The topological polar surface area (TPSA) is 116 Å². The standard InChI is InChI=1S/C34H40ClN5O5S/c1-22-5-7-25(8-6-22)46(42,43)40-29(24-12-16-39(21-24)33(41)45-34(2,3)4)19-27-26(11-15-36-32(27)40)31-28(35)9-10-30(38-31)37-20-23-13-17-44-18-14-23/h5-11,15,19,23-24H,12-14,16-18,20-21H2,1-4H3,(H,37,38). The molecule has 1 amide bonds. The number of aromatic nitrogens is 3. The molecule has 0 bridgehead atoms. The van der Waals surface area contributed by atoms with Gasteiger partial charge in [-0.2, -0.15) is 0 Å². The van der Waals surface area contributed by atoms with E-state index in [1.54, 1.807) is 41.4 Å². The molecule has 2 fully saturated rings. The second-order valence-electron chi connectivity index (χ2n) is 13.1. The lowest BCUT2D eigenvalue weighted by Crippen LogP contribution is -2.35. The number of aryl methyl sites for hydroxylation is 1. The summed E-state index contributed by atoms with van der Waals surface area (Å²) in [4.78, 5) is 24.2. The van der Waals surface area contributed by atoms with Crippen molar-refractivity contribution in [1.82, 2.24) is 18.8 Å². The second-order valence-corrected chi connectivity index (χ2v) is 15.3. The van der Waals surface area contributed by atoms with Crippen LogP contribution in [0.5, 0.6) is 0 Å². The average Bonchev–Trinajstić information content (AvgIpc) is 3.67. The number of nitrogens with zero attached hydrogens (tertiary/aromatic N) is 4. The molecule has 12 heteroatoms. The van der Waals surface area contributed by atoms with Crippen molar-refractivity contribution >= 4 is 44.6 Å². The smallest absolute Gasteiger partial charge is 0.410 e. The normalized spacial score (nSPS) is 17.8. The molecule has 0 saturated carbocycles. The molecule has 2 saturated heterocycles. The van der Waals surface area contributed by atoms with Crippen molar-refractivity contribution in [2.75, 3.05) is 38.2 Å². The number of carbonyl (C=O) groups is 1. The molecule has 1 aromatic carbocycles. The van der Waals surface area contributed by atoms with Crippen LogP contribution in [0.15, 0.2) is 59.6 Å². The van der Waals surface area contributed by atoms with Crippen molar-refractivity contribution in [2.24, 2.45) is 5.92 Å². The Morgan fingerprint density at radius 3 is 2.54 bits per heavy atom. The van der Waals surface area contributed by atoms with Crippen LogP contribution in [-0.4, -0.2) is 71.8 Å². The number of likely N-dealkylation sites (tertiary alicyclic amines) is 1. The lowest BCUT2D eigenvalue weighted by molar-refractivity contribution is 0.0292. The first kappa shape index (κ1) is 32.3. The lowest BCUT2D eigenvalue weighted by atomic mass is 10.0. The number of benzene rings is 1. The maximum absolute atomic E-state index is 14.4. The number of nitrogens with one attached hydrogen (secondary N) is 1. The van der Waals surface area contributed by atoms with Gasteiger partial charge in [-0.25, -0.2) is 27.2 Å². The van der Waals surface area contributed by atoms with Gasteiger partial charge in [-0.1, -0.05) is 29.3 Å². The third kappa shape index (κ3) is 6.72. The van der Waals surface area contributed by atoms with Crippen LogP contribution in [0.4, 0.5) is 10.6 Å². The molecule has 1 unspecified atom stereocenters. The van der Waals surface area contributed by atoms with Gasteiger partial charge in [-0.15, -0.1) is 0 Å². The van der Waals surface area contributed by atoms with E-state index in [0.29, 0.717) is 58.6 Å². The van der Waals surface area contributed by atoms with Crippen molar-refractivity contribution in [3.05, 3.63) is 71.0 Å². The third-order valence-electron chi connectivity index (χ3n) is 8.52. The Bertz CT molecular complexity index is 1850. The predicted molar refractivity (Wildman–Crippen MR) is 179 cm³/mol. The third-order valence-corrected chi connectivity index (χ3v) is 10.6. The van der Waals surface area contributed by atoms with E-state index >= 15 is 0 Å². The number of halogens is 1. The molecule has 3 aromatic heterocycles. The maximum atomic E-state index is 14.4. The number of hydrogen-bond donors (Lipinski definition) is 1. The average molecular weight is 666 g/mol. The molecule has 2 aliphatic heterocycles. The monoisotopic (exact) mass is 665 g/mol. The van der Waals surface area contributed by atoms with E-state index in [1.807, 2.05) is 45.9 Å². The zero-order valence-corrected chi connectivity index (χ0v) is 28.2. The number of anilines is 1. The summed E-state index contributed by atoms with van der Waals surface area (Å²) >= 11 is 6.75. The van der Waals surface area contributed by atoms with Crippen molar-refractivity contribution < 1.29 is 22.7 Å². The molecule has 4 aromatic rings. The molecule has 46 heavy (non-hydrogen) atoms. The van der Waals surface area contributed by atoms with Crippen LogP contribution in [0, 0.1) is 12.8 Å². The summed E-state index contributed by atoms with van der Waals surface area (Å²) in [6.07, 6.45) is 3.73. The van der Waals surface area contributed by atoms with Gasteiger partial charge in [0.15, 0.2) is 5.65 Å². The zero-order chi connectivity index (χ0) is 32.6. The van der Waals surface area contributed by atoms with Gasteiger partial charge in [0, 0.05) is 61.6 Å². The number of carbonyl (C=O) groups excluding carboxylic acids is 1. The SMILES string of the molecule is Cc1ccc(S(=O)(=O)n2c(C3CCN(C(=O)OC(C)(C)C)C3)cc3c(-c4nc(NCC5CCOCC5)ccc4Cl)ccnc32)cc1. The Kier molecular flexibility index (Phi) is 9.02. The Balaban J connectivity index is 1.43. The van der Waals surface area contributed by atoms with Crippen LogP contribution in [0.1, 0.15) is 57.2 Å². The number of rotatable bonds is 7. The van der Waals surface area contributed by atoms with Gasteiger partial charge in [0.2, 0.25) is 0 Å². The molecule has 1 N–H and O–H groups in total. The quantitative estimate of drug-likeness (QED) is 0.228. The highest BCUT2D eigenvalue weighted by atomic mass is 35.5. The fraction of sp³-hybridized carbons (Fsp3) is 0.441. The van der Waals surface area contributed by atoms with Crippen LogP contribution in [-0.2, 0) is 19.5 Å². The molecular formula is C34H40ClN5O5S. The molecule has 0 radical (unpaired) electrons. The van der Waals surface area contributed by atoms with Crippen LogP contribution < -0.4 is 5.32 Å². The molecule has 5 heterocycles. The van der Waals surface area contributed by atoms with Gasteiger partial charge >= 0.3 is 6.09 Å². The molecule has 0 spiro atoms. The summed E-state index contributed by atoms with van der Waals surface area (Å²) in [6.45, 7) is 10.5. The fourth-order valence-corrected chi connectivity index (χ4v) is 7.83. The van der Waals surface area contributed by atoms with E-state index < -0.39 is 21.7 Å². The van der Waals surface area contributed by atoms with Crippen LogP contribution in [0.25, 0.3) is 22.3 Å². The largest absolute Gasteiger partial charge is 0.444 e.